The number of nitrogens with one attached hydrogen (secondary N) is 1. The number of carbonyl (C=O) groups excluding carboxylic acids is 1. The first-order valence-electron chi connectivity index (χ1n) is 8.46. The number of aromatic nitrogens is 1. The van der Waals surface area contributed by atoms with Gasteiger partial charge in [-0.05, 0) is 43.5 Å². The summed E-state index contributed by atoms with van der Waals surface area (Å²) in [4.78, 5) is 30.3. The SMILES string of the molecule is CCc1c(C)[nH]c(=O)c(N(C)C)c1C(=O)c1cccc(/C=C(\C)C#N)c1. The summed E-state index contributed by atoms with van der Waals surface area (Å²) in [5.74, 6) is -0.190. The number of rotatable bonds is 5. The number of ketones is 1. The Hall–Kier alpha value is -3.13. The van der Waals surface area contributed by atoms with Gasteiger partial charge in [-0.3, -0.25) is 9.59 Å². The molecule has 0 aliphatic heterocycles. The fraction of sp³-hybridized carbons (Fsp3) is 0.286. The highest BCUT2D eigenvalue weighted by Gasteiger charge is 2.23. The first-order chi connectivity index (χ1) is 12.3. The van der Waals surface area contributed by atoms with Gasteiger partial charge in [0.25, 0.3) is 5.56 Å². The Morgan fingerprint density at radius 3 is 2.62 bits per heavy atom. The molecule has 0 bridgehead atoms. The number of hydrogen-bond donors (Lipinski definition) is 1. The summed E-state index contributed by atoms with van der Waals surface area (Å²) < 4.78 is 0. The van der Waals surface area contributed by atoms with Crippen LogP contribution in [0.4, 0.5) is 5.69 Å². The van der Waals surface area contributed by atoms with Crippen molar-refractivity contribution in [2.75, 3.05) is 19.0 Å². The van der Waals surface area contributed by atoms with Gasteiger partial charge in [0.1, 0.15) is 5.69 Å². The van der Waals surface area contributed by atoms with Crippen LogP contribution in [0.25, 0.3) is 6.08 Å². The van der Waals surface area contributed by atoms with E-state index < -0.39 is 0 Å². The fourth-order valence-electron chi connectivity index (χ4n) is 3.06. The number of carbonyl (C=O) groups is 1. The minimum Gasteiger partial charge on any atom is -0.373 e. The first kappa shape index (κ1) is 19.2. The van der Waals surface area contributed by atoms with Crippen LogP contribution in [-0.4, -0.2) is 24.9 Å². The second kappa shape index (κ2) is 7.83. The zero-order valence-electron chi connectivity index (χ0n) is 15.8. The molecule has 0 fully saturated rings. The van der Waals surface area contributed by atoms with Gasteiger partial charge in [-0.2, -0.15) is 5.26 Å². The van der Waals surface area contributed by atoms with Crippen LogP contribution < -0.4 is 10.5 Å². The number of aromatic amines is 1. The Morgan fingerprint density at radius 1 is 1.35 bits per heavy atom. The zero-order valence-corrected chi connectivity index (χ0v) is 15.8. The molecule has 0 radical (unpaired) electrons. The molecule has 5 heteroatoms. The lowest BCUT2D eigenvalue weighted by molar-refractivity contribution is 0.103. The Morgan fingerprint density at radius 2 is 2.04 bits per heavy atom. The second-order valence-corrected chi connectivity index (χ2v) is 6.42. The van der Waals surface area contributed by atoms with E-state index in [0.29, 0.717) is 34.5 Å². The van der Waals surface area contributed by atoms with Crippen molar-refractivity contribution < 1.29 is 4.79 Å². The molecule has 1 aromatic carbocycles. The van der Waals surface area contributed by atoms with E-state index in [4.69, 9.17) is 5.26 Å². The van der Waals surface area contributed by atoms with Crippen molar-refractivity contribution in [1.29, 1.82) is 5.26 Å². The van der Waals surface area contributed by atoms with E-state index in [0.717, 1.165) is 11.1 Å². The van der Waals surface area contributed by atoms with Crippen LogP contribution in [-0.2, 0) is 6.42 Å². The summed E-state index contributed by atoms with van der Waals surface area (Å²) in [7, 11) is 3.51. The van der Waals surface area contributed by atoms with Gasteiger partial charge in [-0.25, -0.2) is 0 Å². The number of H-pyrrole nitrogens is 1. The van der Waals surface area contributed by atoms with Crippen LogP contribution in [0.5, 0.6) is 0 Å². The average Bonchev–Trinajstić information content (AvgIpc) is 2.60. The lowest BCUT2D eigenvalue weighted by atomic mass is 9.93. The van der Waals surface area contributed by atoms with E-state index in [1.54, 1.807) is 50.2 Å². The third-order valence-corrected chi connectivity index (χ3v) is 4.24. The van der Waals surface area contributed by atoms with E-state index in [2.05, 4.69) is 11.1 Å². The molecule has 0 atom stereocenters. The van der Waals surface area contributed by atoms with Crippen molar-refractivity contribution >= 4 is 17.5 Å². The molecular weight excluding hydrogens is 326 g/mol. The van der Waals surface area contributed by atoms with Crippen molar-refractivity contribution in [3.05, 3.63) is 68.1 Å². The highest BCUT2D eigenvalue weighted by molar-refractivity contribution is 6.13. The van der Waals surface area contributed by atoms with Gasteiger partial charge in [0.15, 0.2) is 5.78 Å². The fourth-order valence-corrected chi connectivity index (χ4v) is 3.06. The predicted molar refractivity (Wildman–Crippen MR) is 105 cm³/mol. The predicted octanol–water partition coefficient (Wildman–Crippen LogP) is 3.47. The van der Waals surface area contributed by atoms with Crippen molar-refractivity contribution in [3.63, 3.8) is 0 Å². The van der Waals surface area contributed by atoms with Crippen LogP contribution in [0.2, 0.25) is 0 Å². The van der Waals surface area contributed by atoms with Crippen LogP contribution in [0.15, 0.2) is 34.6 Å². The molecule has 0 amide bonds. The maximum atomic E-state index is 13.3. The third kappa shape index (κ3) is 3.75. The van der Waals surface area contributed by atoms with E-state index in [1.165, 1.54) is 0 Å². The van der Waals surface area contributed by atoms with E-state index in [-0.39, 0.29) is 11.3 Å². The number of aryl methyl sites for hydroxylation is 1. The Bertz CT molecular complexity index is 976. The quantitative estimate of drug-likeness (QED) is 0.662. The minimum atomic E-state index is -0.274. The molecular formula is C21H23N3O2. The van der Waals surface area contributed by atoms with E-state index >= 15 is 0 Å². The topological polar surface area (TPSA) is 77.0 Å². The minimum absolute atomic E-state index is 0.190. The normalized spacial score (nSPS) is 11.2. The molecule has 0 saturated heterocycles. The van der Waals surface area contributed by atoms with Crippen LogP contribution in [0.3, 0.4) is 0 Å². The Kier molecular flexibility index (Phi) is 5.78. The highest BCUT2D eigenvalue weighted by atomic mass is 16.1. The van der Waals surface area contributed by atoms with Gasteiger partial charge >= 0.3 is 0 Å². The molecule has 26 heavy (non-hydrogen) atoms. The largest absolute Gasteiger partial charge is 0.373 e. The molecule has 0 spiro atoms. The number of pyridine rings is 1. The summed E-state index contributed by atoms with van der Waals surface area (Å²) in [6, 6.07) is 9.18. The molecule has 0 aliphatic rings. The summed E-state index contributed by atoms with van der Waals surface area (Å²) in [5, 5.41) is 8.95. The zero-order chi connectivity index (χ0) is 19.4. The molecule has 1 N–H and O–H groups in total. The van der Waals surface area contributed by atoms with Gasteiger partial charge in [-0.15, -0.1) is 0 Å². The lowest BCUT2D eigenvalue weighted by Crippen LogP contribution is -2.27. The van der Waals surface area contributed by atoms with Crippen LogP contribution >= 0.6 is 0 Å². The molecule has 1 aromatic heterocycles. The second-order valence-electron chi connectivity index (χ2n) is 6.42. The number of hydrogen-bond acceptors (Lipinski definition) is 4. The van der Waals surface area contributed by atoms with E-state index in [1.807, 2.05) is 19.9 Å². The van der Waals surface area contributed by atoms with Gasteiger partial charge in [-0.1, -0.05) is 25.1 Å². The van der Waals surface area contributed by atoms with E-state index in [9.17, 15) is 9.59 Å². The van der Waals surface area contributed by atoms with Crippen molar-refractivity contribution in [2.45, 2.75) is 27.2 Å². The molecule has 5 nitrogen and oxygen atoms in total. The molecule has 2 aromatic rings. The lowest BCUT2D eigenvalue weighted by Gasteiger charge is -2.20. The molecule has 134 valence electrons. The van der Waals surface area contributed by atoms with Gasteiger partial charge < -0.3 is 9.88 Å². The Balaban J connectivity index is 2.70. The molecule has 2 rings (SSSR count). The summed E-state index contributed by atoms with van der Waals surface area (Å²) >= 11 is 0. The van der Waals surface area contributed by atoms with Crippen molar-refractivity contribution in [1.82, 2.24) is 4.98 Å². The smallest absolute Gasteiger partial charge is 0.272 e. The summed E-state index contributed by atoms with van der Waals surface area (Å²) in [6.45, 7) is 5.49. The average molecular weight is 349 g/mol. The standard InChI is InChI=1S/C21H23N3O2/c1-6-17-14(3)23-21(26)19(24(4)5)18(17)20(25)16-9-7-8-15(11-16)10-13(2)12-22/h7-11H,6H2,1-5H3,(H,23,26)/b13-10+. The number of nitrogens with zero attached hydrogens (tertiary/aromatic N) is 2. The van der Waals surface area contributed by atoms with Gasteiger partial charge in [0, 0.05) is 30.9 Å². The monoisotopic (exact) mass is 349 g/mol. The van der Waals surface area contributed by atoms with Crippen LogP contribution in [0, 0.1) is 18.3 Å². The van der Waals surface area contributed by atoms with Gasteiger partial charge in [0.2, 0.25) is 0 Å². The maximum Gasteiger partial charge on any atom is 0.272 e. The molecule has 1 heterocycles. The summed E-state index contributed by atoms with van der Waals surface area (Å²) in [6.07, 6.45) is 2.37. The molecule has 0 aliphatic carbocycles. The third-order valence-electron chi connectivity index (χ3n) is 4.24. The molecule has 0 saturated carbocycles. The maximum absolute atomic E-state index is 13.3. The number of nitriles is 1. The number of anilines is 1. The first-order valence-corrected chi connectivity index (χ1v) is 8.46. The molecule has 0 unspecified atom stereocenters. The summed E-state index contributed by atoms with van der Waals surface area (Å²) in [5.41, 5.74) is 3.92. The number of benzene rings is 1. The Labute approximate surface area is 153 Å². The van der Waals surface area contributed by atoms with Gasteiger partial charge in [0.05, 0.1) is 11.6 Å². The highest BCUT2D eigenvalue weighted by Crippen LogP contribution is 2.25. The van der Waals surface area contributed by atoms with Crippen molar-refractivity contribution in [3.8, 4) is 6.07 Å². The number of allylic oxidation sites excluding steroid dienone is 1. The van der Waals surface area contributed by atoms with Crippen molar-refractivity contribution in [2.24, 2.45) is 0 Å². The van der Waals surface area contributed by atoms with Crippen LogP contribution in [0.1, 0.15) is 46.6 Å².